The first-order valence-electron chi connectivity index (χ1n) is 9.02. The van der Waals surface area contributed by atoms with Crippen LogP contribution < -0.4 is 9.47 Å². The van der Waals surface area contributed by atoms with Gasteiger partial charge >= 0.3 is 0 Å². The number of ether oxygens (including phenoxy) is 2. The summed E-state index contributed by atoms with van der Waals surface area (Å²) >= 11 is 0. The van der Waals surface area contributed by atoms with E-state index < -0.39 is 0 Å². The smallest absolute Gasteiger partial charge is 0.257 e. The fourth-order valence-electron chi connectivity index (χ4n) is 3.33. The molecule has 144 valence electrons. The zero-order valence-electron chi connectivity index (χ0n) is 15.8. The van der Waals surface area contributed by atoms with Crippen LogP contribution in [0.15, 0.2) is 49.1 Å². The van der Waals surface area contributed by atoms with Crippen molar-refractivity contribution in [2.75, 3.05) is 20.3 Å². The van der Waals surface area contributed by atoms with Gasteiger partial charge in [-0.2, -0.15) is 5.10 Å². The summed E-state index contributed by atoms with van der Waals surface area (Å²) < 4.78 is 12.8. The van der Waals surface area contributed by atoms with Gasteiger partial charge < -0.3 is 14.4 Å². The Hall–Kier alpha value is -3.42. The van der Waals surface area contributed by atoms with Crippen molar-refractivity contribution in [3.63, 3.8) is 0 Å². The molecule has 1 aliphatic rings. The summed E-state index contributed by atoms with van der Waals surface area (Å²) in [5, 5.41) is 4.11. The van der Waals surface area contributed by atoms with Crippen LogP contribution in [-0.4, -0.2) is 50.8 Å². The van der Waals surface area contributed by atoms with Crippen LogP contribution in [0.3, 0.4) is 0 Å². The molecule has 1 aromatic carbocycles. The fourth-order valence-corrected chi connectivity index (χ4v) is 3.33. The van der Waals surface area contributed by atoms with Crippen molar-refractivity contribution in [3.05, 3.63) is 66.0 Å². The zero-order valence-corrected chi connectivity index (χ0v) is 15.8. The molecule has 1 amide bonds. The van der Waals surface area contributed by atoms with E-state index in [4.69, 9.17) is 9.47 Å². The number of hydrogen-bond acceptors (Lipinski definition) is 6. The lowest BCUT2D eigenvalue weighted by atomic mass is 10.0. The first-order valence-corrected chi connectivity index (χ1v) is 9.02. The van der Waals surface area contributed by atoms with Crippen LogP contribution in [0.25, 0.3) is 0 Å². The minimum absolute atomic E-state index is 0.0901. The number of benzene rings is 1. The van der Waals surface area contributed by atoms with E-state index in [0.29, 0.717) is 24.3 Å². The predicted molar refractivity (Wildman–Crippen MR) is 101 cm³/mol. The van der Waals surface area contributed by atoms with E-state index >= 15 is 0 Å². The molecule has 0 aliphatic carbocycles. The van der Waals surface area contributed by atoms with Crippen molar-refractivity contribution in [1.82, 2.24) is 24.6 Å². The Balaban J connectivity index is 1.59. The molecule has 0 bridgehead atoms. The minimum atomic E-state index is -0.327. The molecule has 0 saturated heterocycles. The van der Waals surface area contributed by atoms with Crippen LogP contribution in [0.1, 0.15) is 27.8 Å². The second kappa shape index (κ2) is 7.67. The standard InChI is InChI=1S/C20H21N5O3/c1-24-12-14(11-23-24)20(26)25-10-7-17-19(22-9-8-21-17)18(25)13-28-16-5-3-15(27-2)4-6-16/h3-6,8-9,11-12,18H,7,10,13H2,1-2H3. The summed E-state index contributed by atoms with van der Waals surface area (Å²) in [7, 11) is 3.41. The van der Waals surface area contributed by atoms with Crippen LogP contribution in [0.5, 0.6) is 11.5 Å². The molecule has 28 heavy (non-hydrogen) atoms. The average Bonchev–Trinajstić information content (AvgIpc) is 3.18. The van der Waals surface area contributed by atoms with Crippen molar-refractivity contribution in [2.24, 2.45) is 7.05 Å². The van der Waals surface area contributed by atoms with Crippen molar-refractivity contribution in [3.8, 4) is 11.5 Å². The number of methoxy groups -OCH3 is 1. The Morgan fingerprint density at radius 3 is 2.64 bits per heavy atom. The lowest BCUT2D eigenvalue weighted by Gasteiger charge is -2.35. The van der Waals surface area contributed by atoms with Gasteiger partial charge in [-0.1, -0.05) is 0 Å². The maximum absolute atomic E-state index is 13.1. The molecule has 3 heterocycles. The van der Waals surface area contributed by atoms with Gasteiger partial charge in [-0.3, -0.25) is 19.4 Å². The predicted octanol–water partition coefficient (Wildman–Crippen LogP) is 2.04. The Bertz CT molecular complexity index is 970. The molecule has 4 rings (SSSR count). The second-order valence-corrected chi connectivity index (χ2v) is 6.54. The highest BCUT2D eigenvalue weighted by Gasteiger charge is 2.34. The highest BCUT2D eigenvalue weighted by Crippen LogP contribution is 2.29. The van der Waals surface area contributed by atoms with E-state index in [1.165, 1.54) is 0 Å². The molecule has 0 saturated carbocycles. The van der Waals surface area contributed by atoms with E-state index in [2.05, 4.69) is 15.1 Å². The van der Waals surface area contributed by atoms with E-state index in [9.17, 15) is 4.79 Å². The van der Waals surface area contributed by atoms with E-state index in [1.807, 2.05) is 24.3 Å². The average molecular weight is 379 g/mol. The third kappa shape index (κ3) is 3.53. The third-order valence-corrected chi connectivity index (χ3v) is 4.77. The summed E-state index contributed by atoms with van der Waals surface area (Å²) in [6, 6.07) is 7.02. The summed E-state index contributed by atoms with van der Waals surface area (Å²) in [6.07, 6.45) is 7.29. The van der Waals surface area contributed by atoms with Crippen LogP contribution in [-0.2, 0) is 13.5 Å². The number of carbonyl (C=O) groups is 1. The van der Waals surface area contributed by atoms with Gasteiger partial charge in [-0.05, 0) is 24.3 Å². The molecular formula is C20H21N5O3. The Kier molecular flexibility index (Phi) is 4.92. The molecule has 8 nitrogen and oxygen atoms in total. The van der Waals surface area contributed by atoms with Gasteiger partial charge in [0.25, 0.3) is 5.91 Å². The van der Waals surface area contributed by atoms with Crippen molar-refractivity contribution in [1.29, 1.82) is 0 Å². The number of amides is 1. The van der Waals surface area contributed by atoms with E-state index in [-0.39, 0.29) is 18.6 Å². The summed E-state index contributed by atoms with van der Waals surface area (Å²) in [5.41, 5.74) is 2.23. The first-order chi connectivity index (χ1) is 13.7. The van der Waals surface area contributed by atoms with Gasteiger partial charge in [-0.15, -0.1) is 0 Å². The van der Waals surface area contributed by atoms with Crippen molar-refractivity contribution in [2.45, 2.75) is 12.5 Å². The molecule has 1 unspecified atom stereocenters. The van der Waals surface area contributed by atoms with E-state index in [1.54, 1.807) is 48.5 Å². The number of aromatic nitrogens is 4. The third-order valence-electron chi connectivity index (χ3n) is 4.77. The second-order valence-electron chi connectivity index (χ2n) is 6.54. The normalized spacial score (nSPS) is 15.8. The quantitative estimate of drug-likeness (QED) is 0.675. The van der Waals surface area contributed by atoms with Gasteiger partial charge in [0.2, 0.25) is 0 Å². The summed E-state index contributed by atoms with van der Waals surface area (Å²) in [4.78, 5) is 23.8. The Morgan fingerprint density at radius 1 is 1.18 bits per heavy atom. The molecule has 0 radical (unpaired) electrons. The van der Waals surface area contributed by atoms with Gasteiger partial charge in [0, 0.05) is 38.6 Å². The van der Waals surface area contributed by atoms with Crippen molar-refractivity contribution < 1.29 is 14.3 Å². The van der Waals surface area contributed by atoms with Gasteiger partial charge in [0.05, 0.1) is 30.3 Å². The Labute approximate surface area is 162 Å². The molecule has 1 atom stereocenters. The molecule has 2 aromatic heterocycles. The molecular weight excluding hydrogens is 358 g/mol. The Morgan fingerprint density at radius 2 is 1.93 bits per heavy atom. The lowest BCUT2D eigenvalue weighted by molar-refractivity contribution is 0.0579. The number of carbonyl (C=O) groups excluding carboxylic acids is 1. The summed E-state index contributed by atoms with van der Waals surface area (Å²) in [5.74, 6) is 1.37. The van der Waals surface area contributed by atoms with Crippen LogP contribution in [0.4, 0.5) is 0 Å². The number of aryl methyl sites for hydroxylation is 1. The SMILES string of the molecule is COc1ccc(OCC2c3nccnc3CCN2C(=O)c2cnn(C)c2)cc1. The minimum Gasteiger partial charge on any atom is -0.497 e. The van der Waals surface area contributed by atoms with Gasteiger partial charge in [0.15, 0.2) is 0 Å². The molecule has 1 aliphatic heterocycles. The highest BCUT2D eigenvalue weighted by atomic mass is 16.5. The van der Waals surface area contributed by atoms with Crippen LogP contribution in [0.2, 0.25) is 0 Å². The maximum Gasteiger partial charge on any atom is 0.257 e. The number of hydrogen-bond donors (Lipinski definition) is 0. The fraction of sp³-hybridized carbons (Fsp3) is 0.300. The molecule has 3 aromatic rings. The van der Waals surface area contributed by atoms with E-state index in [0.717, 1.165) is 17.1 Å². The van der Waals surface area contributed by atoms with Gasteiger partial charge in [-0.25, -0.2) is 0 Å². The number of fused-ring (bicyclic) bond motifs is 1. The van der Waals surface area contributed by atoms with Crippen LogP contribution >= 0.6 is 0 Å². The molecule has 0 N–H and O–H groups in total. The molecule has 0 spiro atoms. The topological polar surface area (TPSA) is 82.4 Å². The number of nitrogens with zero attached hydrogens (tertiary/aromatic N) is 5. The zero-order chi connectivity index (χ0) is 19.5. The van der Waals surface area contributed by atoms with Crippen molar-refractivity contribution >= 4 is 5.91 Å². The molecule has 8 heteroatoms. The maximum atomic E-state index is 13.1. The van der Waals surface area contributed by atoms with Crippen LogP contribution in [0, 0.1) is 0 Å². The highest BCUT2D eigenvalue weighted by molar-refractivity contribution is 5.94. The monoisotopic (exact) mass is 379 g/mol. The molecule has 0 fully saturated rings. The largest absolute Gasteiger partial charge is 0.497 e. The lowest BCUT2D eigenvalue weighted by Crippen LogP contribution is -2.43. The number of rotatable bonds is 5. The van der Waals surface area contributed by atoms with Gasteiger partial charge in [0.1, 0.15) is 24.1 Å². The first kappa shape index (κ1) is 18.0. The summed E-state index contributed by atoms with van der Waals surface area (Å²) in [6.45, 7) is 0.833.